The quantitative estimate of drug-likeness (QED) is 0.354. The van der Waals surface area contributed by atoms with Gasteiger partial charge < -0.3 is 25.3 Å². The Labute approximate surface area is 143 Å². The van der Waals surface area contributed by atoms with Gasteiger partial charge >= 0.3 is 19.7 Å². The highest BCUT2D eigenvalue weighted by atomic mass is 19.4. The SMILES string of the molecule is OB(O)O.Oc1ccccc1C(F)(F)F.Oc1ccccc1C(F)(F)F. The Balaban J connectivity index is 0.000000401. The van der Waals surface area contributed by atoms with E-state index >= 15 is 0 Å². The average Bonchev–Trinajstić information content (AvgIpc) is 2.46. The molecule has 144 valence electrons. The molecule has 0 aliphatic heterocycles. The zero-order valence-corrected chi connectivity index (χ0v) is 12.7. The van der Waals surface area contributed by atoms with Crippen LogP contribution in [-0.4, -0.2) is 32.6 Å². The molecule has 5 N–H and O–H groups in total. The van der Waals surface area contributed by atoms with Crippen LogP contribution in [0.1, 0.15) is 11.1 Å². The smallest absolute Gasteiger partial charge is 0.507 e. The predicted octanol–water partition coefficient (Wildman–Crippen LogP) is 2.77. The van der Waals surface area contributed by atoms with Gasteiger partial charge in [-0.1, -0.05) is 24.3 Å². The molecule has 0 radical (unpaired) electrons. The van der Waals surface area contributed by atoms with Gasteiger partial charge in [-0.05, 0) is 24.3 Å². The molecule has 0 heterocycles. The fourth-order valence-electron chi connectivity index (χ4n) is 1.43. The average molecular weight is 386 g/mol. The van der Waals surface area contributed by atoms with Crippen molar-refractivity contribution < 1.29 is 51.6 Å². The van der Waals surface area contributed by atoms with Crippen LogP contribution in [0.4, 0.5) is 26.3 Å². The number of hydrogen-bond acceptors (Lipinski definition) is 5. The minimum absolute atomic E-state index is 0.736. The van der Waals surface area contributed by atoms with Crippen molar-refractivity contribution in [1.29, 1.82) is 0 Å². The monoisotopic (exact) mass is 386 g/mol. The van der Waals surface area contributed by atoms with Gasteiger partial charge in [0.15, 0.2) is 0 Å². The van der Waals surface area contributed by atoms with Gasteiger partial charge in [0.05, 0.1) is 11.1 Å². The number of hydrogen-bond donors (Lipinski definition) is 5. The number of rotatable bonds is 0. The fraction of sp³-hybridized carbons (Fsp3) is 0.143. The number of aromatic hydroxyl groups is 2. The lowest BCUT2D eigenvalue weighted by Crippen LogP contribution is -2.07. The van der Waals surface area contributed by atoms with Gasteiger partial charge in [-0.25, -0.2) is 0 Å². The van der Waals surface area contributed by atoms with Crippen molar-refractivity contribution in [2.45, 2.75) is 12.4 Å². The van der Waals surface area contributed by atoms with Crippen molar-refractivity contribution in [2.75, 3.05) is 0 Å². The molecular formula is C14H13BF6O5. The third-order valence-electron chi connectivity index (χ3n) is 2.42. The molecule has 2 aromatic rings. The summed E-state index contributed by atoms with van der Waals surface area (Å²) in [5, 5.41) is 39.0. The van der Waals surface area contributed by atoms with Gasteiger partial charge in [-0.2, -0.15) is 26.3 Å². The standard InChI is InChI=1S/2C7H5F3O.BH3O3/c2*8-7(9,10)5-3-1-2-4-6(5)11;2-1(3)4/h2*1-4,11H;2-4H. The second-order valence-electron chi connectivity index (χ2n) is 4.38. The van der Waals surface area contributed by atoms with Crippen LogP contribution in [0.2, 0.25) is 0 Å². The summed E-state index contributed by atoms with van der Waals surface area (Å²) < 4.78 is 71.3. The minimum atomic E-state index is -4.47. The van der Waals surface area contributed by atoms with E-state index in [1.54, 1.807) is 0 Å². The van der Waals surface area contributed by atoms with E-state index in [1.165, 1.54) is 24.3 Å². The molecule has 26 heavy (non-hydrogen) atoms. The Morgan fingerprint density at radius 2 is 0.808 bits per heavy atom. The predicted molar refractivity (Wildman–Crippen MR) is 78.6 cm³/mol. The topological polar surface area (TPSA) is 101 Å². The van der Waals surface area contributed by atoms with E-state index in [2.05, 4.69) is 0 Å². The molecule has 0 atom stereocenters. The summed E-state index contributed by atoms with van der Waals surface area (Å²) in [6.45, 7) is 0. The summed E-state index contributed by atoms with van der Waals surface area (Å²) in [7, 11) is -2.17. The first-order valence-electron chi connectivity index (χ1n) is 6.51. The third kappa shape index (κ3) is 9.15. The first-order chi connectivity index (χ1) is 11.8. The number of phenolic OH excluding ortho intramolecular Hbond substituents is 2. The number of halogens is 6. The highest BCUT2D eigenvalue weighted by Crippen LogP contribution is 2.35. The third-order valence-corrected chi connectivity index (χ3v) is 2.42. The molecule has 0 saturated heterocycles. The summed E-state index contributed by atoms with van der Waals surface area (Å²) in [4.78, 5) is 0. The van der Waals surface area contributed by atoms with Crippen molar-refractivity contribution in [3.63, 3.8) is 0 Å². The lowest BCUT2D eigenvalue weighted by atomic mass is 10.2. The van der Waals surface area contributed by atoms with Crippen LogP contribution in [0.25, 0.3) is 0 Å². The van der Waals surface area contributed by atoms with Gasteiger partial charge in [-0.3, -0.25) is 0 Å². The van der Waals surface area contributed by atoms with Crippen LogP contribution in [0, 0.1) is 0 Å². The molecule has 0 aromatic heterocycles. The van der Waals surface area contributed by atoms with Crippen LogP contribution < -0.4 is 0 Å². The molecule has 0 unspecified atom stereocenters. The van der Waals surface area contributed by atoms with E-state index in [9.17, 15) is 26.3 Å². The summed E-state index contributed by atoms with van der Waals surface area (Å²) >= 11 is 0. The second kappa shape index (κ2) is 9.90. The van der Waals surface area contributed by atoms with E-state index < -0.39 is 42.3 Å². The fourth-order valence-corrected chi connectivity index (χ4v) is 1.43. The lowest BCUT2D eigenvalue weighted by Gasteiger charge is -2.06. The van der Waals surface area contributed by atoms with Crippen LogP contribution >= 0.6 is 0 Å². The van der Waals surface area contributed by atoms with Crippen molar-refractivity contribution in [3.05, 3.63) is 59.7 Å². The van der Waals surface area contributed by atoms with Crippen molar-refractivity contribution in [3.8, 4) is 11.5 Å². The molecule has 0 spiro atoms. The summed E-state index contributed by atoms with van der Waals surface area (Å²) in [5.74, 6) is -1.47. The molecule has 0 aliphatic rings. The van der Waals surface area contributed by atoms with Crippen LogP contribution in [-0.2, 0) is 12.4 Å². The van der Waals surface area contributed by atoms with Crippen molar-refractivity contribution in [2.24, 2.45) is 0 Å². The molecule has 0 fully saturated rings. The Bertz CT molecular complexity index is 617. The number of benzene rings is 2. The van der Waals surface area contributed by atoms with E-state index in [-0.39, 0.29) is 0 Å². The molecular weight excluding hydrogens is 373 g/mol. The zero-order chi connectivity index (χ0) is 20.5. The van der Waals surface area contributed by atoms with Crippen molar-refractivity contribution >= 4 is 7.32 Å². The Morgan fingerprint density at radius 1 is 0.577 bits per heavy atom. The van der Waals surface area contributed by atoms with Gasteiger partial charge in [0, 0.05) is 0 Å². The molecule has 5 nitrogen and oxygen atoms in total. The maximum Gasteiger partial charge on any atom is 0.631 e. The highest BCUT2D eigenvalue weighted by molar-refractivity contribution is 6.30. The molecule has 2 rings (SSSR count). The molecule has 0 saturated carbocycles. The first-order valence-corrected chi connectivity index (χ1v) is 6.51. The summed E-state index contributed by atoms with van der Waals surface area (Å²) in [6.07, 6.45) is -8.93. The van der Waals surface area contributed by atoms with Crippen molar-refractivity contribution in [1.82, 2.24) is 0 Å². The Hall–Kier alpha value is -2.44. The largest absolute Gasteiger partial charge is 0.631 e. The second-order valence-corrected chi connectivity index (χ2v) is 4.38. The zero-order valence-electron chi connectivity index (χ0n) is 12.7. The first kappa shape index (κ1) is 23.6. The minimum Gasteiger partial charge on any atom is -0.507 e. The summed E-state index contributed by atoms with van der Waals surface area (Å²) in [6, 6.07) is 8.79. The van der Waals surface area contributed by atoms with Gasteiger partial charge in [-0.15, -0.1) is 0 Å². The summed E-state index contributed by atoms with van der Waals surface area (Å²) in [5.41, 5.74) is -2.00. The Kier molecular flexibility index (Phi) is 8.97. The van der Waals surface area contributed by atoms with Crippen LogP contribution in [0.3, 0.4) is 0 Å². The highest BCUT2D eigenvalue weighted by Gasteiger charge is 2.33. The maximum absolute atomic E-state index is 11.9. The van der Waals surface area contributed by atoms with E-state index in [0.717, 1.165) is 24.3 Å². The molecule has 2 aromatic carbocycles. The Morgan fingerprint density at radius 3 is 0.962 bits per heavy atom. The van der Waals surface area contributed by atoms with Crippen LogP contribution in [0.5, 0.6) is 11.5 Å². The number of para-hydroxylation sites is 2. The van der Waals surface area contributed by atoms with Gasteiger partial charge in [0.25, 0.3) is 0 Å². The number of alkyl halides is 6. The van der Waals surface area contributed by atoms with E-state index in [1.807, 2.05) is 0 Å². The lowest BCUT2D eigenvalue weighted by molar-refractivity contribution is -0.139. The molecule has 0 bridgehead atoms. The molecule has 12 heteroatoms. The molecule has 0 aliphatic carbocycles. The van der Waals surface area contributed by atoms with E-state index in [0.29, 0.717) is 0 Å². The van der Waals surface area contributed by atoms with Gasteiger partial charge in [0.1, 0.15) is 11.5 Å². The number of phenols is 2. The normalized spacial score (nSPS) is 10.8. The molecule has 0 amide bonds. The van der Waals surface area contributed by atoms with Crippen LogP contribution in [0.15, 0.2) is 48.5 Å². The van der Waals surface area contributed by atoms with Gasteiger partial charge in [0.2, 0.25) is 0 Å². The maximum atomic E-state index is 11.9. The van der Waals surface area contributed by atoms with E-state index in [4.69, 9.17) is 25.3 Å².